The first-order chi connectivity index (χ1) is 6.27. The summed E-state index contributed by atoms with van der Waals surface area (Å²) in [5.74, 6) is 6.51. The summed E-state index contributed by atoms with van der Waals surface area (Å²) in [5, 5.41) is 4.00. The van der Waals surface area contributed by atoms with Gasteiger partial charge in [-0.05, 0) is 19.3 Å². The van der Waals surface area contributed by atoms with Crippen molar-refractivity contribution in [2.24, 2.45) is 5.73 Å². The Balaban J connectivity index is 2.76. The van der Waals surface area contributed by atoms with Gasteiger partial charge in [0, 0.05) is 6.54 Å². The van der Waals surface area contributed by atoms with Crippen molar-refractivity contribution in [1.82, 2.24) is 14.8 Å². The van der Waals surface area contributed by atoms with E-state index in [0.717, 1.165) is 13.0 Å². The quantitative estimate of drug-likeness (QED) is 0.666. The summed E-state index contributed by atoms with van der Waals surface area (Å²) in [5.41, 5.74) is 5.65. The van der Waals surface area contributed by atoms with Gasteiger partial charge in [0.1, 0.15) is 6.33 Å². The first-order valence-corrected chi connectivity index (χ1v) is 4.42. The number of hydrogen-bond acceptors (Lipinski definition) is 3. The lowest BCUT2D eigenvalue weighted by molar-refractivity contribution is 0.649. The van der Waals surface area contributed by atoms with Gasteiger partial charge in [-0.25, -0.2) is 9.67 Å². The molecule has 1 heterocycles. The Labute approximate surface area is 78.2 Å². The molecule has 2 N–H and O–H groups in total. The van der Waals surface area contributed by atoms with E-state index in [9.17, 15) is 0 Å². The average Bonchev–Trinajstić information content (AvgIpc) is 2.61. The van der Waals surface area contributed by atoms with Crippen molar-refractivity contribution in [1.29, 1.82) is 0 Å². The predicted molar refractivity (Wildman–Crippen MR) is 50.8 cm³/mol. The van der Waals surface area contributed by atoms with Crippen LogP contribution in [0.3, 0.4) is 0 Å². The van der Waals surface area contributed by atoms with E-state index in [1.807, 2.05) is 13.8 Å². The number of hydrogen-bond donors (Lipinski definition) is 1. The van der Waals surface area contributed by atoms with Crippen LogP contribution in [0, 0.1) is 11.8 Å². The Hall–Kier alpha value is -1.34. The predicted octanol–water partition coefficient (Wildman–Crippen LogP) is 0.387. The SMILES string of the molecule is CCC(N)C#Cc1ncnn1CC. The topological polar surface area (TPSA) is 56.7 Å². The normalized spacial score (nSPS) is 11.9. The van der Waals surface area contributed by atoms with Crippen LogP contribution in [-0.4, -0.2) is 20.8 Å². The van der Waals surface area contributed by atoms with Crippen LogP contribution in [0.1, 0.15) is 26.1 Å². The Kier molecular flexibility index (Phi) is 3.47. The van der Waals surface area contributed by atoms with E-state index in [1.165, 1.54) is 6.33 Å². The third-order valence-corrected chi connectivity index (χ3v) is 1.72. The van der Waals surface area contributed by atoms with Gasteiger partial charge < -0.3 is 5.73 Å². The molecule has 13 heavy (non-hydrogen) atoms. The summed E-state index contributed by atoms with van der Waals surface area (Å²) in [7, 11) is 0. The van der Waals surface area contributed by atoms with E-state index in [2.05, 4.69) is 21.9 Å². The lowest BCUT2D eigenvalue weighted by atomic mass is 10.2. The Morgan fingerprint density at radius 2 is 2.38 bits per heavy atom. The smallest absolute Gasteiger partial charge is 0.203 e. The third kappa shape index (κ3) is 2.56. The van der Waals surface area contributed by atoms with Gasteiger partial charge in [-0.2, -0.15) is 5.10 Å². The Morgan fingerprint density at radius 1 is 1.62 bits per heavy atom. The molecule has 1 aromatic rings. The number of aryl methyl sites for hydroxylation is 1. The molecule has 1 unspecified atom stereocenters. The Bertz CT molecular complexity index is 318. The molecule has 0 amide bonds. The van der Waals surface area contributed by atoms with Gasteiger partial charge in [-0.3, -0.25) is 0 Å². The summed E-state index contributed by atoms with van der Waals surface area (Å²) < 4.78 is 1.75. The molecule has 4 nitrogen and oxygen atoms in total. The molecule has 70 valence electrons. The zero-order valence-corrected chi connectivity index (χ0v) is 7.99. The lowest BCUT2D eigenvalue weighted by Gasteiger charge is -1.96. The minimum absolute atomic E-state index is 0.0676. The first kappa shape index (κ1) is 9.75. The van der Waals surface area contributed by atoms with Gasteiger partial charge in [0.25, 0.3) is 0 Å². The molecule has 0 saturated heterocycles. The Morgan fingerprint density at radius 3 is 3.00 bits per heavy atom. The number of nitrogens with zero attached hydrogens (tertiary/aromatic N) is 3. The van der Waals surface area contributed by atoms with Crippen molar-refractivity contribution in [2.45, 2.75) is 32.9 Å². The third-order valence-electron chi connectivity index (χ3n) is 1.72. The van der Waals surface area contributed by atoms with E-state index in [1.54, 1.807) is 4.68 Å². The maximum Gasteiger partial charge on any atom is 0.203 e. The van der Waals surface area contributed by atoms with Gasteiger partial charge >= 0.3 is 0 Å². The monoisotopic (exact) mass is 178 g/mol. The second-order valence-corrected chi connectivity index (χ2v) is 2.68. The molecule has 0 aliphatic heterocycles. The molecule has 0 aliphatic carbocycles. The van der Waals surface area contributed by atoms with Crippen LogP contribution in [0.5, 0.6) is 0 Å². The molecule has 0 bridgehead atoms. The first-order valence-electron chi connectivity index (χ1n) is 4.42. The van der Waals surface area contributed by atoms with E-state index in [-0.39, 0.29) is 6.04 Å². The molecule has 0 fully saturated rings. The zero-order chi connectivity index (χ0) is 9.68. The highest BCUT2D eigenvalue weighted by Crippen LogP contribution is 1.91. The van der Waals surface area contributed by atoms with Crippen LogP contribution in [-0.2, 0) is 6.54 Å². The summed E-state index contributed by atoms with van der Waals surface area (Å²) in [4.78, 5) is 4.02. The van der Waals surface area contributed by atoms with Crippen LogP contribution in [0.2, 0.25) is 0 Å². The summed E-state index contributed by atoms with van der Waals surface area (Å²) >= 11 is 0. The highest BCUT2D eigenvalue weighted by atomic mass is 15.3. The fourth-order valence-corrected chi connectivity index (χ4v) is 0.852. The highest BCUT2D eigenvalue weighted by molar-refractivity contribution is 5.22. The van der Waals surface area contributed by atoms with Crippen molar-refractivity contribution in [3.63, 3.8) is 0 Å². The zero-order valence-electron chi connectivity index (χ0n) is 7.99. The standard InChI is InChI=1S/C9H14N4/c1-3-8(10)5-6-9-11-7-12-13(9)4-2/h7-8H,3-4,10H2,1-2H3. The molecule has 1 aromatic heterocycles. The van der Waals surface area contributed by atoms with Crippen molar-refractivity contribution >= 4 is 0 Å². The molecule has 0 aromatic carbocycles. The summed E-state index contributed by atoms with van der Waals surface area (Å²) in [6, 6.07) is -0.0676. The van der Waals surface area contributed by atoms with E-state index >= 15 is 0 Å². The maximum absolute atomic E-state index is 5.65. The molecule has 1 rings (SSSR count). The van der Waals surface area contributed by atoms with Crippen LogP contribution >= 0.6 is 0 Å². The molecule has 4 heteroatoms. The minimum atomic E-state index is -0.0676. The van der Waals surface area contributed by atoms with Gasteiger partial charge in [0.2, 0.25) is 5.82 Å². The van der Waals surface area contributed by atoms with Crippen LogP contribution in [0.25, 0.3) is 0 Å². The molecule has 0 spiro atoms. The molecule has 0 radical (unpaired) electrons. The fourth-order valence-electron chi connectivity index (χ4n) is 0.852. The van der Waals surface area contributed by atoms with E-state index in [0.29, 0.717) is 5.82 Å². The molecule has 0 aliphatic rings. The van der Waals surface area contributed by atoms with Crippen LogP contribution in [0.4, 0.5) is 0 Å². The average molecular weight is 178 g/mol. The van der Waals surface area contributed by atoms with Gasteiger partial charge in [0.15, 0.2) is 0 Å². The molecular weight excluding hydrogens is 164 g/mol. The summed E-state index contributed by atoms with van der Waals surface area (Å²) in [6.07, 6.45) is 2.36. The molecule has 1 atom stereocenters. The second kappa shape index (κ2) is 4.63. The fraction of sp³-hybridized carbons (Fsp3) is 0.556. The molecule has 0 saturated carbocycles. The van der Waals surface area contributed by atoms with Crippen molar-refractivity contribution < 1.29 is 0 Å². The van der Waals surface area contributed by atoms with Crippen molar-refractivity contribution in [3.05, 3.63) is 12.2 Å². The number of aromatic nitrogens is 3. The van der Waals surface area contributed by atoms with E-state index < -0.39 is 0 Å². The van der Waals surface area contributed by atoms with E-state index in [4.69, 9.17) is 5.73 Å². The van der Waals surface area contributed by atoms with Gasteiger partial charge in [-0.1, -0.05) is 12.8 Å². The van der Waals surface area contributed by atoms with Crippen LogP contribution in [0.15, 0.2) is 6.33 Å². The van der Waals surface area contributed by atoms with Gasteiger partial charge in [-0.15, -0.1) is 0 Å². The van der Waals surface area contributed by atoms with Gasteiger partial charge in [0.05, 0.1) is 6.04 Å². The minimum Gasteiger partial charge on any atom is -0.318 e. The number of rotatable bonds is 2. The highest BCUT2D eigenvalue weighted by Gasteiger charge is 1.97. The second-order valence-electron chi connectivity index (χ2n) is 2.68. The van der Waals surface area contributed by atoms with Crippen molar-refractivity contribution in [2.75, 3.05) is 0 Å². The number of nitrogens with two attached hydrogens (primary N) is 1. The maximum atomic E-state index is 5.65. The lowest BCUT2D eigenvalue weighted by Crippen LogP contribution is -2.15. The molecular formula is C9H14N4. The van der Waals surface area contributed by atoms with Crippen molar-refractivity contribution in [3.8, 4) is 11.8 Å². The largest absolute Gasteiger partial charge is 0.318 e. The summed E-state index contributed by atoms with van der Waals surface area (Å²) in [6.45, 7) is 4.79. The van der Waals surface area contributed by atoms with Crippen LogP contribution < -0.4 is 5.73 Å².